The fraction of sp³-hybridized carbons (Fsp3) is 0.357. The Morgan fingerprint density at radius 3 is 2.74 bits per heavy atom. The second-order valence-corrected chi connectivity index (χ2v) is 5.55. The van der Waals surface area contributed by atoms with Crippen molar-refractivity contribution in [3.63, 3.8) is 0 Å². The van der Waals surface area contributed by atoms with Gasteiger partial charge in [-0.15, -0.1) is 0 Å². The largest absolute Gasteiger partial charge is 0.434 e. The maximum Gasteiger partial charge on any atom is 0.387 e. The van der Waals surface area contributed by atoms with E-state index in [4.69, 9.17) is 0 Å². The lowest BCUT2D eigenvalue weighted by molar-refractivity contribution is -0.0503. The first-order valence-electron chi connectivity index (χ1n) is 6.74. The first-order chi connectivity index (χ1) is 10.9. The maximum absolute atomic E-state index is 12.7. The molecule has 0 N–H and O–H groups in total. The van der Waals surface area contributed by atoms with Gasteiger partial charge in [0.2, 0.25) is 0 Å². The Labute approximate surface area is 139 Å². The second-order valence-electron chi connectivity index (χ2n) is 4.63. The Morgan fingerprint density at radius 1 is 1.43 bits per heavy atom. The van der Waals surface area contributed by atoms with Gasteiger partial charge in [-0.3, -0.25) is 4.79 Å². The number of rotatable bonds is 6. The molecule has 1 aromatic heterocycles. The van der Waals surface area contributed by atoms with Crippen molar-refractivity contribution in [1.29, 1.82) is 0 Å². The van der Waals surface area contributed by atoms with Gasteiger partial charge >= 0.3 is 6.61 Å². The number of benzene rings is 1. The maximum atomic E-state index is 12.7. The molecule has 0 bridgehead atoms. The van der Waals surface area contributed by atoms with Gasteiger partial charge in [-0.1, -0.05) is 26.2 Å². The first-order valence-corrected chi connectivity index (χ1v) is 7.53. The molecule has 1 aromatic carbocycles. The van der Waals surface area contributed by atoms with Crippen molar-refractivity contribution < 1.29 is 22.9 Å². The number of carbonyl (C=O) groups is 1. The van der Waals surface area contributed by atoms with Crippen LogP contribution in [0.5, 0.6) is 5.75 Å². The molecule has 1 amide bonds. The van der Waals surface area contributed by atoms with Crippen molar-refractivity contribution in [3.8, 4) is 5.75 Å². The molecule has 9 heteroatoms. The summed E-state index contributed by atoms with van der Waals surface area (Å²) >= 11 is 3.22. The highest BCUT2D eigenvalue weighted by atomic mass is 79.9. The predicted octanol–water partition coefficient (Wildman–Crippen LogP) is 3.40. The summed E-state index contributed by atoms with van der Waals surface area (Å²) in [6.45, 7) is 0.970. The zero-order chi connectivity index (χ0) is 17.0. The number of carbonyl (C=O) groups excluding carboxylic acids is 1. The van der Waals surface area contributed by atoms with Gasteiger partial charge in [-0.05, 0) is 32.0 Å². The lowest BCUT2D eigenvalue weighted by Crippen LogP contribution is -2.31. The van der Waals surface area contributed by atoms with Crippen LogP contribution >= 0.6 is 15.9 Å². The number of ether oxygens (including phenoxy) is 1. The van der Waals surface area contributed by atoms with Crippen LogP contribution in [0, 0.1) is 6.92 Å². The van der Waals surface area contributed by atoms with Gasteiger partial charge in [0, 0.05) is 11.0 Å². The van der Waals surface area contributed by atoms with Crippen LogP contribution in [0.1, 0.15) is 28.7 Å². The number of hydrogen-bond donors (Lipinski definition) is 0. The Bertz CT molecular complexity index is 694. The summed E-state index contributed by atoms with van der Waals surface area (Å²) in [4.78, 5) is 14.1. The number of amides is 1. The molecular weight excluding hydrogens is 376 g/mol. The normalized spacial score (nSPS) is 10.9. The van der Waals surface area contributed by atoms with Crippen LogP contribution in [0.2, 0.25) is 0 Å². The van der Waals surface area contributed by atoms with Crippen LogP contribution in [-0.2, 0) is 6.54 Å². The monoisotopic (exact) mass is 389 g/mol. The predicted molar refractivity (Wildman–Crippen MR) is 80.2 cm³/mol. The van der Waals surface area contributed by atoms with E-state index in [1.54, 1.807) is 13.8 Å². The van der Waals surface area contributed by atoms with Crippen LogP contribution in [0.4, 0.5) is 8.78 Å². The quantitative estimate of drug-likeness (QED) is 0.756. The number of hydrogen-bond acceptors (Lipinski definition) is 5. The minimum atomic E-state index is -3.01. The van der Waals surface area contributed by atoms with Crippen molar-refractivity contribution in [2.45, 2.75) is 27.0 Å². The molecule has 0 unspecified atom stereocenters. The van der Waals surface area contributed by atoms with Gasteiger partial charge in [-0.25, -0.2) is 4.63 Å². The van der Waals surface area contributed by atoms with E-state index < -0.39 is 12.5 Å². The average Bonchev–Trinajstić information content (AvgIpc) is 2.90. The van der Waals surface area contributed by atoms with Gasteiger partial charge in [-0.2, -0.15) is 8.78 Å². The second kappa shape index (κ2) is 7.49. The van der Waals surface area contributed by atoms with E-state index in [-0.39, 0.29) is 17.9 Å². The molecule has 0 aliphatic heterocycles. The van der Waals surface area contributed by atoms with Gasteiger partial charge in [0.1, 0.15) is 17.1 Å². The Morgan fingerprint density at radius 2 is 2.17 bits per heavy atom. The van der Waals surface area contributed by atoms with Crippen molar-refractivity contribution in [1.82, 2.24) is 15.2 Å². The minimum Gasteiger partial charge on any atom is -0.434 e. The van der Waals surface area contributed by atoms with E-state index in [1.807, 2.05) is 0 Å². The van der Waals surface area contributed by atoms with E-state index in [1.165, 1.54) is 23.1 Å². The van der Waals surface area contributed by atoms with E-state index in [9.17, 15) is 13.6 Å². The van der Waals surface area contributed by atoms with Gasteiger partial charge in [0.25, 0.3) is 5.91 Å². The molecule has 2 aromatic rings. The zero-order valence-electron chi connectivity index (χ0n) is 12.4. The SMILES string of the molecule is CCN(Cc1nonc1C)C(=O)c1cc(Br)ccc1OC(F)F. The molecule has 0 radical (unpaired) electrons. The molecule has 6 nitrogen and oxygen atoms in total. The molecule has 0 saturated heterocycles. The minimum absolute atomic E-state index is 0.0376. The fourth-order valence-corrected chi connectivity index (χ4v) is 2.30. The lowest BCUT2D eigenvalue weighted by atomic mass is 10.1. The number of aryl methyl sites for hydroxylation is 1. The standard InChI is InChI=1S/C14H14BrF2N3O3/c1-3-20(7-11-8(2)18-23-19-11)13(21)10-6-9(15)4-5-12(10)22-14(16)17/h4-6,14H,3,7H2,1-2H3. The third-order valence-electron chi connectivity index (χ3n) is 3.14. The molecule has 0 spiro atoms. The van der Waals surface area contributed by atoms with Crippen molar-refractivity contribution >= 4 is 21.8 Å². The topological polar surface area (TPSA) is 68.5 Å². The third-order valence-corrected chi connectivity index (χ3v) is 3.64. The molecule has 0 saturated carbocycles. The van der Waals surface area contributed by atoms with Crippen molar-refractivity contribution in [2.75, 3.05) is 6.54 Å². The van der Waals surface area contributed by atoms with Crippen LogP contribution < -0.4 is 4.74 Å². The Hall–Kier alpha value is -2.03. The Balaban J connectivity index is 2.29. The molecule has 0 aliphatic carbocycles. The van der Waals surface area contributed by atoms with E-state index in [0.717, 1.165) is 0 Å². The summed E-state index contributed by atoms with van der Waals surface area (Å²) in [6, 6.07) is 4.29. The summed E-state index contributed by atoms with van der Waals surface area (Å²) < 4.78 is 34.6. The highest BCUT2D eigenvalue weighted by Crippen LogP contribution is 2.26. The molecule has 0 aliphatic rings. The van der Waals surface area contributed by atoms with Crippen LogP contribution in [0.25, 0.3) is 0 Å². The lowest BCUT2D eigenvalue weighted by Gasteiger charge is -2.21. The van der Waals surface area contributed by atoms with Crippen molar-refractivity contribution in [2.24, 2.45) is 0 Å². The summed E-state index contributed by atoms with van der Waals surface area (Å²) in [7, 11) is 0. The first kappa shape index (κ1) is 17.3. The van der Waals surface area contributed by atoms with Gasteiger partial charge < -0.3 is 9.64 Å². The number of nitrogens with zero attached hydrogens (tertiary/aromatic N) is 3. The van der Waals surface area contributed by atoms with E-state index >= 15 is 0 Å². The summed E-state index contributed by atoms with van der Waals surface area (Å²) in [6.07, 6.45) is 0. The van der Waals surface area contributed by atoms with Gasteiger partial charge in [0.15, 0.2) is 0 Å². The molecule has 23 heavy (non-hydrogen) atoms. The number of halogens is 3. The van der Waals surface area contributed by atoms with Crippen LogP contribution in [0.15, 0.2) is 27.3 Å². The third kappa shape index (κ3) is 4.25. The molecule has 2 rings (SSSR count). The summed E-state index contributed by atoms with van der Waals surface area (Å²) in [5.41, 5.74) is 1.11. The average molecular weight is 390 g/mol. The van der Waals surface area contributed by atoms with Crippen LogP contribution in [-0.4, -0.2) is 34.3 Å². The Kier molecular flexibility index (Phi) is 5.64. The number of alkyl halides is 2. The highest BCUT2D eigenvalue weighted by molar-refractivity contribution is 9.10. The molecule has 0 fully saturated rings. The number of aromatic nitrogens is 2. The summed E-state index contributed by atoms with van der Waals surface area (Å²) in [5.74, 6) is -0.631. The van der Waals surface area contributed by atoms with Crippen molar-refractivity contribution in [3.05, 3.63) is 39.6 Å². The highest BCUT2D eigenvalue weighted by Gasteiger charge is 2.22. The summed E-state index contributed by atoms with van der Waals surface area (Å²) in [5, 5.41) is 7.38. The van der Waals surface area contributed by atoms with Crippen LogP contribution in [0.3, 0.4) is 0 Å². The smallest absolute Gasteiger partial charge is 0.387 e. The molecule has 1 heterocycles. The fourth-order valence-electron chi connectivity index (χ4n) is 1.94. The molecular formula is C14H14BrF2N3O3. The molecule has 124 valence electrons. The zero-order valence-corrected chi connectivity index (χ0v) is 14.0. The van der Waals surface area contributed by atoms with E-state index in [2.05, 4.69) is 35.6 Å². The van der Waals surface area contributed by atoms with E-state index in [0.29, 0.717) is 22.4 Å². The van der Waals surface area contributed by atoms with Gasteiger partial charge in [0.05, 0.1) is 12.1 Å². The molecule has 0 atom stereocenters.